The molecule has 0 aliphatic carbocycles. The summed E-state index contributed by atoms with van der Waals surface area (Å²) < 4.78 is 43.8. The van der Waals surface area contributed by atoms with Crippen LogP contribution in [0.5, 0.6) is 28.7 Å². The van der Waals surface area contributed by atoms with Gasteiger partial charge >= 0.3 is 0 Å². The number of nitrogens with one attached hydrogen (secondary N) is 1. The highest BCUT2D eigenvalue weighted by atomic mass is 19.1. The second-order valence-corrected chi connectivity index (χ2v) is 14.4. The summed E-state index contributed by atoms with van der Waals surface area (Å²) in [7, 11) is 7.94. The fourth-order valence-corrected chi connectivity index (χ4v) is 8.16. The van der Waals surface area contributed by atoms with Crippen LogP contribution in [0.2, 0.25) is 0 Å². The van der Waals surface area contributed by atoms with Crippen LogP contribution in [-0.2, 0) is 12.0 Å². The van der Waals surface area contributed by atoms with Gasteiger partial charge in [0, 0.05) is 43.2 Å². The molecular weight excluding hydrogens is 702 g/mol. The third-order valence-electron chi connectivity index (χ3n) is 11.3. The molecule has 1 atom stereocenters. The number of anilines is 1. The summed E-state index contributed by atoms with van der Waals surface area (Å²) in [6.45, 7) is 4.52. The maximum atomic E-state index is 14.1. The lowest BCUT2D eigenvalue weighted by Gasteiger charge is -2.36. The van der Waals surface area contributed by atoms with E-state index in [1.807, 2.05) is 41.3 Å². The molecule has 1 N–H and O–H groups in total. The second kappa shape index (κ2) is 16.5. The normalized spacial score (nSPS) is 17.7. The Hall–Kier alpha value is -5.49. The van der Waals surface area contributed by atoms with Crippen LogP contribution in [0.25, 0.3) is 11.0 Å². The van der Waals surface area contributed by atoms with Gasteiger partial charge in [0.05, 0.1) is 53.1 Å². The van der Waals surface area contributed by atoms with Crippen molar-refractivity contribution in [2.45, 2.75) is 43.7 Å². The van der Waals surface area contributed by atoms with Crippen LogP contribution < -0.4 is 29.0 Å². The number of ether oxygens (including phenoxy) is 5. The van der Waals surface area contributed by atoms with E-state index in [-0.39, 0.29) is 23.2 Å². The molecule has 290 valence electrons. The Labute approximate surface area is 321 Å². The van der Waals surface area contributed by atoms with Crippen molar-refractivity contribution in [3.05, 3.63) is 101 Å². The average molecular weight is 752 g/mol. The molecule has 2 aliphatic heterocycles. The third-order valence-corrected chi connectivity index (χ3v) is 11.3. The number of carbonyl (C=O) groups excluding carboxylic acids is 1. The van der Waals surface area contributed by atoms with E-state index >= 15 is 0 Å². The maximum Gasteiger partial charge on any atom is 0.254 e. The summed E-state index contributed by atoms with van der Waals surface area (Å²) >= 11 is 0. The molecule has 7 rings (SSSR count). The van der Waals surface area contributed by atoms with Crippen LogP contribution >= 0.6 is 0 Å². The van der Waals surface area contributed by atoms with Gasteiger partial charge < -0.3 is 43.4 Å². The first kappa shape index (κ1) is 37.8. The molecule has 2 fully saturated rings. The Morgan fingerprint density at radius 2 is 1.51 bits per heavy atom. The lowest BCUT2D eigenvalue weighted by molar-refractivity contribution is 0.0779. The number of carbonyl (C=O) groups is 1. The van der Waals surface area contributed by atoms with Crippen molar-refractivity contribution in [3.63, 3.8) is 0 Å². The number of hydrogen-bond donors (Lipinski definition) is 1. The average Bonchev–Trinajstić information content (AvgIpc) is 3.82. The Kier molecular flexibility index (Phi) is 11.3. The molecule has 0 saturated carbocycles. The van der Waals surface area contributed by atoms with Crippen molar-refractivity contribution in [2.75, 3.05) is 73.6 Å². The van der Waals surface area contributed by atoms with E-state index in [1.54, 1.807) is 47.7 Å². The topological polar surface area (TPSA) is 99.6 Å². The molecule has 0 unspecified atom stereocenters. The van der Waals surface area contributed by atoms with Gasteiger partial charge in [0.25, 0.3) is 5.91 Å². The summed E-state index contributed by atoms with van der Waals surface area (Å²) in [4.78, 5) is 23.5. The highest BCUT2D eigenvalue weighted by molar-refractivity contribution is 5.96. The first-order valence-electron chi connectivity index (χ1n) is 18.8. The smallest absolute Gasteiger partial charge is 0.254 e. The number of aromatic nitrogens is 2. The number of fused-ring (bicyclic) bond motifs is 1. The van der Waals surface area contributed by atoms with E-state index in [0.29, 0.717) is 53.9 Å². The number of hydrogen-bond acceptors (Lipinski definition) is 9. The summed E-state index contributed by atoms with van der Waals surface area (Å²) in [5, 5.41) is 3.76. The predicted octanol–water partition coefficient (Wildman–Crippen LogP) is 7.02. The number of methoxy groups -OCH3 is 5. The molecule has 0 radical (unpaired) electrons. The predicted molar refractivity (Wildman–Crippen MR) is 211 cm³/mol. The molecule has 55 heavy (non-hydrogen) atoms. The number of likely N-dealkylation sites (tertiary alicyclic amines) is 2. The number of rotatable bonds is 14. The Balaban J connectivity index is 1.06. The largest absolute Gasteiger partial charge is 0.493 e. The highest BCUT2D eigenvalue weighted by Crippen LogP contribution is 2.43. The maximum absolute atomic E-state index is 14.1. The van der Waals surface area contributed by atoms with Crippen LogP contribution in [0, 0.1) is 5.82 Å². The minimum atomic E-state index is -0.295. The van der Waals surface area contributed by atoms with Crippen LogP contribution in [0.4, 0.5) is 10.3 Å². The number of nitrogens with zero attached hydrogens (tertiary/aromatic N) is 4. The number of piperidine rings is 1. The quantitative estimate of drug-likeness (QED) is 0.128. The van der Waals surface area contributed by atoms with Crippen molar-refractivity contribution in [3.8, 4) is 28.7 Å². The van der Waals surface area contributed by atoms with E-state index in [0.717, 1.165) is 73.4 Å². The minimum absolute atomic E-state index is 0.0843. The van der Waals surface area contributed by atoms with Gasteiger partial charge in [0.2, 0.25) is 11.7 Å². The summed E-state index contributed by atoms with van der Waals surface area (Å²) in [5.41, 5.74) is 4.30. The first-order chi connectivity index (χ1) is 26.8. The summed E-state index contributed by atoms with van der Waals surface area (Å²) in [6.07, 6.45) is 3.61. The van der Waals surface area contributed by atoms with Gasteiger partial charge in [-0.15, -0.1) is 0 Å². The first-order valence-corrected chi connectivity index (χ1v) is 18.8. The van der Waals surface area contributed by atoms with Crippen LogP contribution in [0.15, 0.2) is 78.9 Å². The number of halogens is 1. The Morgan fingerprint density at radius 1 is 0.818 bits per heavy atom. The number of imidazole rings is 1. The van der Waals surface area contributed by atoms with Gasteiger partial charge in [-0.3, -0.25) is 4.79 Å². The minimum Gasteiger partial charge on any atom is -0.493 e. The van der Waals surface area contributed by atoms with Crippen molar-refractivity contribution >= 4 is 22.9 Å². The zero-order valence-electron chi connectivity index (χ0n) is 32.3. The molecule has 2 saturated heterocycles. The summed E-state index contributed by atoms with van der Waals surface area (Å²) in [5.74, 6) is 3.19. The standard InChI is InChI=1S/C43H50FN5O6/c1-51-36-15-12-31(26-37(36)52-2)43(19-23-48(28-43)41(50)30-24-38(53-3)40(55-5)39(25-30)54-4)18-22-47-20-16-33(17-21-47)45-42-46-34-8-6-7-9-35(34)49(42)27-29-10-13-32(44)14-11-29/h6-15,24-26,33H,16-23,27-28H2,1-5H3,(H,45,46)/t43-/m1/s1. The SMILES string of the molecule is COc1ccc([C@]2(CCN3CCC(Nc4nc5ccccc5n4Cc4ccc(F)cc4)CC3)CCN(C(=O)c3cc(OC)c(OC)c(OC)c3)C2)cc1OC. The van der Waals surface area contributed by atoms with Crippen LogP contribution in [0.3, 0.4) is 0 Å². The van der Waals surface area contributed by atoms with Gasteiger partial charge in [0.15, 0.2) is 23.0 Å². The van der Waals surface area contributed by atoms with Crippen LogP contribution in [-0.4, -0.2) is 99.6 Å². The molecule has 1 aromatic heterocycles. The van der Waals surface area contributed by atoms with Crippen LogP contribution in [0.1, 0.15) is 47.2 Å². The van der Waals surface area contributed by atoms with Crippen molar-refractivity contribution in [1.29, 1.82) is 0 Å². The fraction of sp³-hybridized carbons (Fsp3) is 0.395. The molecule has 11 nitrogen and oxygen atoms in total. The zero-order chi connectivity index (χ0) is 38.5. The third kappa shape index (κ3) is 7.86. The molecular formula is C43H50FN5O6. The molecule has 1 amide bonds. The fourth-order valence-electron chi connectivity index (χ4n) is 8.16. The summed E-state index contributed by atoms with van der Waals surface area (Å²) in [6, 6.07) is 24.6. The van der Waals surface area contributed by atoms with Crippen molar-refractivity contribution in [1.82, 2.24) is 19.4 Å². The van der Waals surface area contributed by atoms with E-state index in [9.17, 15) is 9.18 Å². The Morgan fingerprint density at radius 3 is 2.18 bits per heavy atom. The number of benzene rings is 4. The van der Waals surface area contributed by atoms with E-state index in [1.165, 1.54) is 12.1 Å². The van der Waals surface area contributed by atoms with Crippen molar-refractivity contribution in [2.24, 2.45) is 0 Å². The molecule has 4 aromatic carbocycles. The Bertz CT molecular complexity index is 2090. The highest BCUT2D eigenvalue weighted by Gasteiger charge is 2.42. The van der Waals surface area contributed by atoms with E-state index in [2.05, 4.69) is 33.0 Å². The van der Waals surface area contributed by atoms with E-state index < -0.39 is 0 Å². The lowest BCUT2D eigenvalue weighted by atomic mass is 9.76. The molecule has 2 aliphatic rings. The zero-order valence-corrected chi connectivity index (χ0v) is 32.3. The molecule has 5 aromatic rings. The molecule has 3 heterocycles. The van der Waals surface area contributed by atoms with Gasteiger partial charge in [-0.25, -0.2) is 9.37 Å². The number of para-hydroxylation sites is 2. The van der Waals surface area contributed by atoms with E-state index in [4.69, 9.17) is 28.7 Å². The van der Waals surface area contributed by atoms with Gasteiger partial charge in [-0.2, -0.15) is 0 Å². The van der Waals surface area contributed by atoms with Gasteiger partial charge in [0.1, 0.15) is 5.82 Å². The van der Waals surface area contributed by atoms with Gasteiger partial charge in [-0.05, 0) is 91.9 Å². The molecule has 0 spiro atoms. The number of amides is 1. The second-order valence-electron chi connectivity index (χ2n) is 14.4. The molecule has 0 bridgehead atoms. The van der Waals surface area contributed by atoms with Gasteiger partial charge in [-0.1, -0.05) is 30.3 Å². The monoisotopic (exact) mass is 751 g/mol. The van der Waals surface area contributed by atoms with Crippen molar-refractivity contribution < 1.29 is 32.9 Å². The lowest BCUT2D eigenvalue weighted by Crippen LogP contribution is -2.42. The molecule has 12 heteroatoms.